The molecule has 1 unspecified atom stereocenters. The van der Waals surface area contributed by atoms with Gasteiger partial charge in [-0.15, -0.1) is 0 Å². The van der Waals surface area contributed by atoms with Crippen molar-refractivity contribution >= 4 is 22.8 Å². The summed E-state index contributed by atoms with van der Waals surface area (Å²) in [6.07, 6.45) is -0.471. The van der Waals surface area contributed by atoms with Crippen LogP contribution in [0.25, 0.3) is 10.9 Å². The van der Waals surface area contributed by atoms with E-state index in [9.17, 15) is 19.2 Å². The average molecular weight is 384 g/mol. The molecule has 9 nitrogen and oxygen atoms in total. The first kappa shape index (κ1) is 19.2. The molecule has 3 aromatic rings. The molecule has 2 aromatic heterocycles. The Balaban J connectivity index is 2.15. The summed E-state index contributed by atoms with van der Waals surface area (Å²) in [5.41, 5.74) is 5.63. The summed E-state index contributed by atoms with van der Waals surface area (Å²) < 4.78 is 4.92. The van der Waals surface area contributed by atoms with Gasteiger partial charge in [-0.2, -0.15) is 0 Å². The van der Waals surface area contributed by atoms with Crippen LogP contribution in [-0.2, 0) is 20.7 Å². The van der Waals surface area contributed by atoms with Crippen LogP contribution in [0.3, 0.4) is 0 Å². The lowest BCUT2D eigenvalue weighted by Crippen LogP contribution is -2.26. The van der Waals surface area contributed by atoms with E-state index in [1.165, 1.54) is 0 Å². The van der Waals surface area contributed by atoms with Crippen LogP contribution in [0.4, 0.5) is 0 Å². The number of para-hydroxylation sites is 1. The highest BCUT2D eigenvalue weighted by atomic mass is 16.5. The van der Waals surface area contributed by atoms with Crippen molar-refractivity contribution in [1.82, 2.24) is 15.2 Å². The average Bonchev–Trinajstić information content (AvgIpc) is 2.99. The molecule has 5 N–H and O–H groups in total. The quantitative estimate of drug-likeness (QED) is 0.441. The zero-order chi connectivity index (χ0) is 20.3. The molecule has 0 saturated heterocycles. The minimum absolute atomic E-state index is 0.118. The molecule has 0 radical (unpaired) electrons. The molecule has 0 fully saturated rings. The number of ether oxygens (including phenoxy) is 1. The summed E-state index contributed by atoms with van der Waals surface area (Å²) >= 11 is 0. The fraction of sp³-hybridized carbons (Fsp3) is 0.263. The van der Waals surface area contributed by atoms with Crippen molar-refractivity contribution in [2.45, 2.75) is 25.7 Å². The number of aromatic nitrogens is 3. The van der Waals surface area contributed by atoms with E-state index in [4.69, 9.17) is 10.5 Å². The maximum Gasteiger partial charge on any atom is 0.311 e. The van der Waals surface area contributed by atoms with Crippen LogP contribution in [0.15, 0.2) is 39.9 Å². The van der Waals surface area contributed by atoms with Crippen molar-refractivity contribution in [2.24, 2.45) is 5.73 Å². The van der Waals surface area contributed by atoms with Crippen molar-refractivity contribution in [1.29, 1.82) is 0 Å². The van der Waals surface area contributed by atoms with E-state index in [1.54, 1.807) is 31.2 Å². The van der Waals surface area contributed by atoms with Gasteiger partial charge in [0.05, 0.1) is 18.7 Å². The van der Waals surface area contributed by atoms with Gasteiger partial charge < -0.3 is 20.6 Å². The van der Waals surface area contributed by atoms with Gasteiger partial charge in [0.1, 0.15) is 0 Å². The van der Waals surface area contributed by atoms with Gasteiger partial charge in [-0.3, -0.25) is 24.3 Å². The number of pyridine rings is 1. The van der Waals surface area contributed by atoms with Crippen molar-refractivity contribution < 1.29 is 14.3 Å². The highest BCUT2D eigenvalue weighted by Gasteiger charge is 2.28. The molecule has 0 aliphatic rings. The first-order chi connectivity index (χ1) is 13.4. The molecule has 0 spiro atoms. The highest BCUT2D eigenvalue weighted by molar-refractivity contribution is 5.80. The zero-order valence-corrected chi connectivity index (χ0v) is 15.2. The molecule has 0 aliphatic heterocycles. The summed E-state index contributed by atoms with van der Waals surface area (Å²) in [6, 6.07) is 8.77. The summed E-state index contributed by atoms with van der Waals surface area (Å²) in [5.74, 6) is -2.13. The van der Waals surface area contributed by atoms with E-state index in [0.717, 1.165) is 5.39 Å². The summed E-state index contributed by atoms with van der Waals surface area (Å²) in [4.78, 5) is 51.5. The Bertz CT molecular complexity index is 1140. The Hall–Kier alpha value is -3.62. The van der Waals surface area contributed by atoms with Gasteiger partial charge in [-0.1, -0.05) is 18.2 Å². The number of carbonyl (C=O) groups excluding carboxylic acids is 2. The fourth-order valence-electron chi connectivity index (χ4n) is 3.26. The highest BCUT2D eigenvalue weighted by Crippen LogP contribution is 2.27. The Morgan fingerprint density at radius 2 is 1.89 bits per heavy atom. The number of carbonyl (C=O) groups is 2. The van der Waals surface area contributed by atoms with Crippen LogP contribution < -0.4 is 16.9 Å². The first-order valence-corrected chi connectivity index (χ1v) is 8.76. The Morgan fingerprint density at radius 1 is 1.14 bits per heavy atom. The molecule has 3 rings (SSSR count). The number of rotatable bonds is 7. The van der Waals surface area contributed by atoms with Crippen molar-refractivity contribution in [3.63, 3.8) is 0 Å². The number of nitrogens with two attached hydrogens (primary N) is 1. The van der Waals surface area contributed by atoms with E-state index in [1.807, 2.05) is 6.07 Å². The monoisotopic (exact) mass is 384 g/mol. The topological polar surface area (TPSA) is 151 Å². The second kappa shape index (κ2) is 7.95. The van der Waals surface area contributed by atoms with Crippen LogP contribution >= 0.6 is 0 Å². The van der Waals surface area contributed by atoms with E-state index >= 15 is 0 Å². The van der Waals surface area contributed by atoms with Crippen LogP contribution in [0.2, 0.25) is 0 Å². The van der Waals surface area contributed by atoms with Gasteiger partial charge >= 0.3 is 5.97 Å². The lowest BCUT2D eigenvalue weighted by molar-refractivity contribution is -0.142. The van der Waals surface area contributed by atoms with Gasteiger partial charge in [-0.05, 0) is 24.4 Å². The Labute approximate surface area is 158 Å². The van der Waals surface area contributed by atoms with E-state index in [0.29, 0.717) is 5.52 Å². The Morgan fingerprint density at radius 3 is 2.61 bits per heavy atom. The number of nitrogens with one attached hydrogen (secondary N) is 3. The first-order valence-electron chi connectivity index (χ1n) is 8.76. The maximum absolute atomic E-state index is 12.7. The van der Waals surface area contributed by atoms with Crippen molar-refractivity contribution in [2.75, 3.05) is 6.61 Å². The molecule has 0 saturated carbocycles. The molecule has 9 heteroatoms. The molecular weight excluding hydrogens is 364 g/mol. The van der Waals surface area contributed by atoms with Crippen LogP contribution in [0.1, 0.15) is 36.1 Å². The van der Waals surface area contributed by atoms with Crippen molar-refractivity contribution in [3.05, 3.63) is 67.9 Å². The van der Waals surface area contributed by atoms with E-state index in [-0.39, 0.29) is 36.3 Å². The lowest BCUT2D eigenvalue weighted by atomic mass is 9.87. The van der Waals surface area contributed by atoms with Crippen molar-refractivity contribution in [3.8, 4) is 0 Å². The normalized spacial score (nSPS) is 12.0. The van der Waals surface area contributed by atoms with Crippen LogP contribution in [0.5, 0.6) is 0 Å². The number of fused-ring (bicyclic) bond motifs is 1. The molecular formula is C19H20N4O5. The summed E-state index contributed by atoms with van der Waals surface area (Å²) in [7, 11) is 0. The predicted octanol–water partition coefficient (Wildman–Crippen LogP) is 0.657. The molecule has 1 amide bonds. The maximum atomic E-state index is 12.7. The number of benzene rings is 1. The molecule has 146 valence electrons. The van der Waals surface area contributed by atoms with Crippen LogP contribution in [0, 0.1) is 0 Å². The smallest absolute Gasteiger partial charge is 0.311 e. The number of aromatic amines is 3. The van der Waals surface area contributed by atoms with E-state index in [2.05, 4.69) is 15.2 Å². The third-order valence-corrected chi connectivity index (χ3v) is 4.43. The zero-order valence-electron chi connectivity index (χ0n) is 15.2. The third-order valence-electron chi connectivity index (χ3n) is 4.43. The number of hydrogen-bond acceptors (Lipinski definition) is 5. The molecule has 1 aromatic carbocycles. The predicted molar refractivity (Wildman–Crippen MR) is 102 cm³/mol. The van der Waals surface area contributed by atoms with E-state index < -0.39 is 28.9 Å². The Kier molecular flexibility index (Phi) is 5.44. The standard InChI is InChI=1S/C19H20N4O5/c1-2-28-16(25)9-14-17(19(27)23-22-14)11(8-15(20)24)12-7-10-5-3-4-6-13(10)21-18(12)26/h3-7,11H,2,8-9H2,1H3,(H2,20,24)(H,21,26)(H2,22,23,27). The lowest BCUT2D eigenvalue weighted by Gasteiger charge is -2.15. The third kappa shape index (κ3) is 3.88. The minimum Gasteiger partial charge on any atom is -0.466 e. The largest absolute Gasteiger partial charge is 0.466 e. The molecule has 0 aliphatic carbocycles. The number of hydrogen-bond donors (Lipinski definition) is 4. The van der Waals surface area contributed by atoms with Gasteiger partial charge in [0.2, 0.25) is 5.91 Å². The summed E-state index contributed by atoms with van der Waals surface area (Å²) in [5, 5.41) is 5.79. The van der Waals surface area contributed by atoms with Crippen LogP contribution in [-0.4, -0.2) is 33.7 Å². The SMILES string of the molecule is CCOC(=O)Cc1[nH][nH]c(=O)c1C(CC(N)=O)c1cc2ccccc2[nH]c1=O. The number of primary amides is 1. The van der Waals surface area contributed by atoms with Gasteiger partial charge in [-0.25, -0.2) is 0 Å². The number of esters is 1. The minimum atomic E-state index is -0.912. The molecule has 2 heterocycles. The number of H-pyrrole nitrogens is 3. The molecule has 0 bridgehead atoms. The van der Waals surface area contributed by atoms with Gasteiger partial charge in [0, 0.05) is 29.0 Å². The molecule has 28 heavy (non-hydrogen) atoms. The summed E-state index contributed by atoms with van der Waals surface area (Å²) in [6.45, 7) is 1.86. The second-order valence-corrected chi connectivity index (χ2v) is 6.32. The van der Waals surface area contributed by atoms with Gasteiger partial charge in [0.25, 0.3) is 11.1 Å². The fourth-order valence-corrected chi connectivity index (χ4v) is 3.26. The van der Waals surface area contributed by atoms with Gasteiger partial charge in [0.15, 0.2) is 0 Å². The number of amides is 1. The molecule has 1 atom stereocenters. The second-order valence-electron chi connectivity index (χ2n) is 6.32.